The van der Waals surface area contributed by atoms with Crippen LogP contribution < -0.4 is 4.74 Å². The number of benzene rings is 1. The van der Waals surface area contributed by atoms with Gasteiger partial charge in [0, 0.05) is 11.3 Å². The molecule has 1 aliphatic rings. The van der Waals surface area contributed by atoms with Crippen molar-refractivity contribution in [1.82, 2.24) is 0 Å². The molecule has 1 aromatic carbocycles. The minimum Gasteiger partial charge on any atom is -0.504 e. The summed E-state index contributed by atoms with van der Waals surface area (Å²) in [5.41, 5.74) is 2.53. The van der Waals surface area contributed by atoms with Gasteiger partial charge < -0.3 is 15.3 Å². The van der Waals surface area contributed by atoms with Gasteiger partial charge in [-0.25, -0.2) is 0 Å². The lowest BCUT2D eigenvalue weighted by Gasteiger charge is -2.25. The van der Waals surface area contributed by atoms with Gasteiger partial charge in [-0.1, -0.05) is 19.3 Å². The monoisotopic (exact) mass is 247 g/mol. The maximum atomic E-state index is 9.84. The molecule has 3 nitrogen and oxygen atoms in total. The fourth-order valence-electron chi connectivity index (χ4n) is 2.82. The molecule has 18 heavy (non-hydrogen) atoms. The summed E-state index contributed by atoms with van der Waals surface area (Å²) < 4.78 is 5.19. The third-order valence-electron chi connectivity index (χ3n) is 3.80. The smallest absolute Gasteiger partial charge is 0.160 e. The van der Waals surface area contributed by atoms with Crippen molar-refractivity contribution in [2.45, 2.75) is 44.9 Å². The summed E-state index contributed by atoms with van der Waals surface area (Å²) in [6.07, 6.45) is 6.17. The lowest BCUT2D eigenvalue weighted by Crippen LogP contribution is -2.10. The molecule has 0 amide bonds. The van der Waals surface area contributed by atoms with Gasteiger partial charge in [0.2, 0.25) is 0 Å². The summed E-state index contributed by atoms with van der Waals surface area (Å²) in [5.74, 6) is 1.14. The van der Waals surface area contributed by atoms with Crippen molar-refractivity contribution in [2.75, 3.05) is 7.11 Å². The molecule has 0 saturated heterocycles. The maximum Gasteiger partial charge on any atom is 0.160 e. The first-order valence-corrected chi connectivity index (χ1v) is 6.60. The van der Waals surface area contributed by atoms with Gasteiger partial charge in [0.25, 0.3) is 0 Å². The average molecular weight is 247 g/mol. The zero-order valence-corrected chi connectivity index (χ0v) is 11.1. The third-order valence-corrected chi connectivity index (χ3v) is 3.80. The molecule has 0 unspecified atom stereocenters. The molecule has 2 N–H and O–H groups in total. The molecule has 1 aliphatic carbocycles. The summed E-state index contributed by atoms with van der Waals surface area (Å²) in [4.78, 5) is 0. The van der Waals surface area contributed by atoms with Crippen molar-refractivity contribution < 1.29 is 9.84 Å². The van der Waals surface area contributed by atoms with Crippen molar-refractivity contribution in [3.05, 3.63) is 23.3 Å². The van der Waals surface area contributed by atoms with Crippen molar-refractivity contribution in [1.29, 1.82) is 5.41 Å². The average Bonchev–Trinajstić information content (AvgIpc) is 2.39. The van der Waals surface area contributed by atoms with E-state index in [4.69, 9.17) is 10.1 Å². The Morgan fingerprint density at radius 2 is 1.94 bits per heavy atom. The van der Waals surface area contributed by atoms with E-state index in [1.165, 1.54) is 32.1 Å². The molecule has 1 aromatic rings. The van der Waals surface area contributed by atoms with Crippen molar-refractivity contribution >= 4 is 5.71 Å². The van der Waals surface area contributed by atoms with Crippen LogP contribution in [0.1, 0.15) is 56.1 Å². The normalized spacial score (nSPS) is 16.6. The molecular formula is C15H21NO2. The summed E-state index contributed by atoms with van der Waals surface area (Å²) in [6.45, 7) is 1.77. The summed E-state index contributed by atoms with van der Waals surface area (Å²) in [7, 11) is 1.57. The summed E-state index contributed by atoms with van der Waals surface area (Å²) in [5, 5.41) is 17.7. The first-order chi connectivity index (χ1) is 8.63. The van der Waals surface area contributed by atoms with E-state index in [1.54, 1.807) is 20.1 Å². The second-order valence-electron chi connectivity index (χ2n) is 5.07. The van der Waals surface area contributed by atoms with Gasteiger partial charge in [0.1, 0.15) is 0 Å². The third kappa shape index (κ3) is 2.50. The Morgan fingerprint density at radius 3 is 2.50 bits per heavy atom. The number of ether oxygens (including phenoxy) is 1. The minimum atomic E-state index is 0.124. The molecule has 0 atom stereocenters. The maximum absolute atomic E-state index is 9.84. The number of hydrogen-bond donors (Lipinski definition) is 2. The quantitative estimate of drug-likeness (QED) is 0.797. The molecule has 1 saturated carbocycles. The molecular weight excluding hydrogens is 226 g/mol. The first-order valence-electron chi connectivity index (χ1n) is 6.60. The van der Waals surface area contributed by atoms with E-state index >= 15 is 0 Å². The van der Waals surface area contributed by atoms with E-state index in [9.17, 15) is 5.11 Å². The van der Waals surface area contributed by atoms with Gasteiger partial charge in [-0.3, -0.25) is 0 Å². The van der Waals surface area contributed by atoms with E-state index < -0.39 is 0 Å². The second kappa shape index (κ2) is 5.42. The van der Waals surface area contributed by atoms with Crippen LogP contribution >= 0.6 is 0 Å². The number of aromatic hydroxyl groups is 1. The van der Waals surface area contributed by atoms with Crippen LogP contribution in [-0.4, -0.2) is 17.9 Å². The van der Waals surface area contributed by atoms with Crippen LogP contribution in [0, 0.1) is 5.41 Å². The Morgan fingerprint density at radius 1 is 1.28 bits per heavy atom. The molecule has 0 heterocycles. The van der Waals surface area contributed by atoms with E-state index in [2.05, 4.69) is 0 Å². The van der Waals surface area contributed by atoms with Crippen LogP contribution in [0.4, 0.5) is 0 Å². The Kier molecular flexibility index (Phi) is 3.90. The van der Waals surface area contributed by atoms with Gasteiger partial charge in [-0.05, 0) is 43.4 Å². The number of rotatable bonds is 3. The molecule has 0 bridgehead atoms. The lowest BCUT2D eigenvalue weighted by atomic mass is 9.81. The van der Waals surface area contributed by atoms with Gasteiger partial charge in [0.15, 0.2) is 11.5 Å². The standard InChI is InChI=1S/C15H21NO2/c1-10(16)12-8-14(17)15(18-2)9-13(12)11-6-4-3-5-7-11/h8-9,11,16-17H,3-7H2,1-2H3. The van der Waals surface area contributed by atoms with Crippen LogP contribution in [-0.2, 0) is 0 Å². The number of hydrogen-bond acceptors (Lipinski definition) is 3. The zero-order chi connectivity index (χ0) is 13.1. The van der Waals surface area contributed by atoms with E-state index in [-0.39, 0.29) is 5.75 Å². The van der Waals surface area contributed by atoms with Crippen molar-refractivity contribution in [2.24, 2.45) is 0 Å². The molecule has 0 radical (unpaired) electrons. The fourth-order valence-corrected chi connectivity index (χ4v) is 2.82. The van der Waals surface area contributed by atoms with Crippen LogP contribution in [0.25, 0.3) is 0 Å². The van der Waals surface area contributed by atoms with Gasteiger partial charge in [0.05, 0.1) is 7.11 Å². The predicted octanol–water partition coefficient (Wildman–Crippen LogP) is 3.84. The van der Waals surface area contributed by atoms with Crippen LogP contribution in [0.3, 0.4) is 0 Å². The lowest BCUT2D eigenvalue weighted by molar-refractivity contribution is 0.370. The second-order valence-corrected chi connectivity index (χ2v) is 5.07. The van der Waals surface area contributed by atoms with Gasteiger partial charge >= 0.3 is 0 Å². The summed E-state index contributed by atoms with van der Waals surface area (Å²) >= 11 is 0. The largest absolute Gasteiger partial charge is 0.504 e. The van der Waals surface area contributed by atoms with Crippen LogP contribution in [0.2, 0.25) is 0 Å². The van der Waals surface area contributed by atoms with Crippen molar-refractivity contribution in [3.8, 4) is 11.5 Å². The van der Waals surface area contributed by atoms with E-state index in [1.807, 2.05) is 6.07 Å². The Balaban J connectivity index is 2.44. The van der Waals surface area contributed by atoms with Crippen LogP contribution in [0.5, 0.6) is 11.5 Å². The first kappa shape index (κ1) is 12.9. The predicted molar refractivity (Wildman–Crippen MR) is 73.0 cm³/mol. The molecule has 98 valence electrons. The van der Waals surface area contributed by atoms with E-state index in [0.717, 1.165) is 11.1 Å². The number of phenols is 1. The Labute approximate surface area is 108 Å². The molecule has 3 heteroatoms. The van der Waals surface area contributed by atoms with E-state index in [0.29, 0.717) is 17.4 Å². The highest BCUT2D eigenvalue weighted by Crippen LogP contribution is 2.39. The topological polar surface area (TPSA) is 53.3 Å². The number of nitrogens with one attached hydrogen (secondary N) is 1. The Hall–Kier alpha value is -1.51. The SMILES string of the molecule is COc1cc(C2CCCCC2)c(C(C)=N)cc1O. The highest BCUT2D eigenvalue weighted by atomic mass is 16.5. The molecule has 2 rings (SSSR count). The highest BCUT2D eigenvalue weighted by Gasteiger charge is 2.21. The highest BCUT2D eigenvalue weighted by molar-refractivity contribution is 5.98. The zero-order valence-electron chi connectivity index (χ0n) is 11.1. The molecule has 0 spiro atoms. The minimum absolute atomic E-state index is 0.124. The molecule has 0 aromatic heterocycles. The number of methoxy groups -OCH3 is 1. The van der Waals surface area contributed by atoms with Gasteiger partial charge in [-0.15, -0.1) is 0 Å². The van der Waals surface area contributed by atoms with Gasteiger partial charge in [-0.2, -0.15) is 0 Å². The molecule has 1 fully saturated rings. The summed E-state index contributed by atoms with van der Waals surface area (Å²) in [6, 6.07) is 3.59. The number of phenolic OH excluding ortho intramolecular Hbond substituents is 1. The van der Waals surface area contributed by atoms with Crippen LogP contribution in [0.15, 0.2) is 12.1 Å². The Bertz CT molecular complexity index is 448. The van der Waals surface area contributed by atoms with Crippen molar-refractivity contribution in [3.63, 3.8) is 0 Å². The fraction of sp³-hybridized carbons (Fsp3) is 0.533. The molecule has 0 aliphatic heterocycles.